The Morgan fingerprint density at radius 1 is 1.42 bits per heavy atom. The van der Waals surface area contributed by atoms with Crippen molar-refractivity contribution in [1.82, 2.24) is 25.4 Å². The fourth-order valence-corrected chi connectivity index (χ4v) is 5.48. The van der Waals surface area contributed by atoms with Gasteiger partial charge in [-0.3, -0.25) is 10.1 Å². The van der Waals surface area contributed by atoms with Gasteiger partial charge in [0.15, 0.2) is 11.7 Å². The van der Waals surface area contributed by atoms with Gasteiger partial charge < -0.3 is 14.6 Å². The summed E-state index contributed by atoms with van der Waals surface area (Å²) in [6, 6.07) is 3.69. The molecule has 0 radical (unpaired) electrons. The summed E-state index contributed by atoms with van der Waals surface area (Å²) < 4.78 is 5.76. The van der Waals surface area contributed by atoms with Crippen LogP contribution < -0.4 is 5.32 Å². The van der Waals surface area contributed by atoms with E-state index in [0.717, 1.165) is 24.9 Å². The first-order valence-corrected chi connectivity index (χ1v) is 10.3. The number of hydrogen-bond donors (Lipinski definition) is 2. The predicted molar refractivity (Wildman–Crippen MR) is 104 cm³/mol. The average molecular weight is 375 g/mol. The molecule has 3 heterocycles. The smallest absolute Gasteiger partial charge is 0.216 e. The lowest BCUT2D eigenvalue weighted by Gasteiger charge is -2.45. The molecule has 140 valence electrons. The van der Waals surface area contributed by atoms with Gasteiger partial charge in [-0.2, -0.15) is 11.8 Å². The molecule has 1 saturated heterocycles. The third-order valence-electron chi connectivity index (χ3n) is 5.21. The maximum atomic E-state index is 5.34. The molecule has 26 heavy (non-hydrogen) atoms. The van der Waals surface area contributed by atoms with E-state index in [9.17, 15) is 0 Å². The first-order chi connectivity index (χ1) is 12.8. The molecule has 1 spiro atoms. The summed E-state index contributed by atoms with van der Waals surface area (Å²) in [7, 11) is 1.85. The molecule has 0 atom stereocenters. The lowest BCUT2D eigenvalue weighted by atomic mass is 9.87. The molecule has 2 aromatic heterocycles. The zero-order valence-electron chi connectivity index (χ0n) is 15.2. The molecule has 1 saturated carbocycles. The molecule has 1 aliphatic heterocycles. The van der Waals surface area contributed by atoms with Crippen molar-refractivity contribution in [2.45, 2.75) is 43.4 Å². The second kappa shape index (κ2) is 7.73. The number of hydrogen-bond acceptors (Lipinski definition) is 5. The molecule has 2 N–H and O–H groups in total. The molecule has 2 aliphatic rings. The van der Waals surface area contributed by atoms with Crippen LogP contribution in [0.1, 0.15) is 37.9 Å². The number of aromatic amines is 1. The van der Waals surface area contributed by atoms with E-state index < -0.39 is 0 Å². The Balaban J connectivity index is 1.37. The van der Waals surface area contributed by atoms with Crippen LogP contribution in [0, 0.1) is 0 Å². The SMILES string of the molecule is CN=C(NCc1nc(-c2ccco2)n[nH]1)N1CCSC2(CCCCC2)C1. The van der Waals surface area contributed by atoms with Crippen LogP contribution in [0.3, 0.4) is 0 Å². The van der Waals surface area contributed by atoms with Crippen molar-refractivity contribution in [2.24, 2.45) is 4.99 Å². The molecular weight excluding hydrogens is 348 g/mol. The van der Waals surface area contributed by atoms with E-state index in [2.05, 4.69) is 42.2 Å². The summed E-state index contributed by atoms with van der Waals surface area (Å²) in [5, 5.41) is 10.6. The highest BCUT2D eigenvalue weighted by molar-refractivity contribution is 8.00. The van der Waals surface area contributed by atoms with Crippen molar-refractivity contribution in [3.8, 4) is 11.6 Å². The van der Waals surface area contributed by atoms with Crippen molar-refractivity contribution in [2.75, 3.05) is 25.9 Å². The normalized spacial score (nSPS) is 20.5. The summed E-state index contributed by atoms with van der Waals surface area (Å²) in [5.74, 6) is 4.15. The van der Waals surface area contributed by atoms with Gasteiger partial charge in [-0.15, -0.1) is 5.10 Å². The van der Waals surface area contributed by atoms with Crippen LogP contribution in [0.5, 0.6) is 0 Å². The zero-order chi connectivity index (χ0) is 17.8. The fourth-order valence-electron chi connectivity index (χ4n) is 3.91. The Morgan fingerprint density at radius 3 is 3.08 bits per heavy atom. The van der Waals surface area contributed by atoms with E-state index >= 15 is 0 Å². The minimum atomic E-state index is 0.423. The van der Waals surface area contributed by atoms with Crippen LogP contribution in [0.15, 0.2) is 27.8 Å². The summed E-state index contributed by atoms with van der Waals surface area (Å²) in [6.07, 6.45) is 8.40. The fraction of sp³-hybridized carbons (Fsp3) is 0.611. The number of rotatable bonds is 3. The van der Waals surface area contributed by atoms with Crippen LogP contribution in [0.4, 0.5) is 0 Å². The largest absolute Gasteiger partial charge is 0.461 e. The van der Waals surface area contributed by atoms with Gasteiger partial charge in [-0.1, -0.05) is 19.3 Å². The van der Waals surface area contributed by atoms with Gasteiger partial charge in [0.2, 0.25) is 5.82 Å². The van der Waals surface area contributed by atoms with Crippen molar-refractivity contribution in [3.63, 3.8) is 0 Å². The maximum absolute atomic E-state index is 5.34. The zero-order valence-corrected chi connectivity index (χ0v) is 16.0. The minimum Gasteiger partial charge on any atom is -0.461 e. The predicted octanol–water partition coefficient (Wildman–Crippen LogP) is 2.89. The second-order valence-electron chi connectivity index (χ2n) is 7.00. The summed E-state index contributed by atoms with van der Waals surface area (Å²) in [6.45, 7) is 2.70. The molecule has 0 aromatic carbocycles. The van der Waals surface area contributed by atoms with Gasteiger partial charge in [-0.25, -0.2) is 4.98 Å². The van der Waals surface area contributed by atoms with E-state index in [1.165, 1.54) is 37.9 Å². The number of aromatic nitrogens is 3. The van der Waals surface area contributed by atoms with Gasteiger partial charge >= 0.3 is 0 Å². The van der Waals surface area contributed by atoms with E-state index in [0.29, 0.717) is 22.9 Å². The number of H-pyrrole nitrogens is 1. The van der Waals surface area contributed by atoms with Crippen molar-refractivity contribution >= 4 is 17.7 Å². The van der Waals surface area contributed by atoms with E-state index in [4.69, 9.17) is 4.42 Å². The van der Waals surface area contributed by atoms with Crippen LogP contribution in [0.2, 0.25) is 0 Å². The molecule has 2 fully saturated rings. The highest BCUT2D eigenvalue weighted by Gasteiger charge is 2.38. The molecule has 0 unspecified atom stereocenters. The third kappa shape index (κ3) is 3.75. The number of nitrogens with zero attached hydrogens (tertiary/aromatic N) is 4. The quantitative estimate of drug-likeness (QED) is 0.635. The average Bonchev–Trinajstić information content (AvgIpc) is 3.35. The van der Waals surface area contributed by atoms with Gasteiger partial charge in [-0.05, 0) is 25.0 Å². The van der Waals surface area contributed by atoms with Gasteiger partial charge in [0.05, 0.1) is 12.8 Å². The first kappa shape index (κ1) is 17.5. The number of nitrogens with one attached hydrogen (secondary N) is 2. The van der Waals surface area contributed by atoms with Crippen LogP contribution in [-0.4, -0.2) is 56.7 Å². The van der Waals surface area contributed by atoms with Gasteiger partial charge in [0, 0.05) is 30.6 Å². The topological polar surface area (TPSA) is 82.3 Å². The molecule has 2 aromatic rings. The van der Waals surface area contributed by atoms with Crippen molar-refractivity contribution < 1.29 is 4.42 Å². The first-order valence-electron chi connectivity index (χ1n) is 9.33. The van der Waals surface area contributed by atoms with E-state index in [1.807, 2.05) is 19.2 Å². The standard InChI is InChI=1S/C18H26N6OS/c1-19-17(24-9-11-26-18(13-24)7-3-2-4-8-18)20-12-15-21-16(23-22-15)14-6-5-10-25-14/h5-6,10H,2-4,7-9,11-13H2,1H3,(H,19,20)(H,21,22,23). The summed E-state index contributed by atoms with van der Waals surface area (Å²) in [5.41, 5.74) is 0. The molecule has 0 bridgehead atoms. The van der Waals surface area contributed by atoms with Crippen LogP contribution in [0.25, 0.3) is 11.6 Å². The molecule has 4 rings (SSSR count). The lowest BCUT2D eigenvalue weighted by Crippen LogP contribution is -2.53. The van der Waals surface area contributed by atoms with Crippen LogP contribution >= 0.6 is 11.8 Å². The summed E-state index contributed by atoms with van der Waals surface area (Å²) in [4.78, 5) is 11.4. The lowest BCUT2D eigenvalue weighted by molar-refractivity contribution is 0.293. The minimum absolute atomic E-state index is 0.423. The third-order valence-corrected chi connectivity index (χ3v) is 6.75. The maximum Gasteiger partial charge on any atom is 0.216 e. The van der Waals surface area contributed by atoms with E-state index in [1.54, 1.807) is 6.26 Å². The number of guanidine groups is 1. The number of thioether (sulfide) groups is 1. The molecule has 8 heteroatoms. The molecule has 1 aliphatic carbocycles. The van der Waals surface area contributed by atoms with Crippen molar-refractivity contribution in [3.05, 3.63) is 24.2 Å². The monoisotopic (exact) mass is 374 g/mol. The van der Waals surface area contributed by atoms with Gasteiger partial charge in [0.1, 0.15) is 5.82 Å². The Kier molecular flexibility index (Phi) is 5.19. The number of aliphatic imine (C=N–C) groups is 1. The molecule has 7 nitrogen and oxygen atoms in total. The number of furan rings is 1. The van der Waals surface area contributed by atoms with Gasteiger partial charge in [0.25, 0.3) is 0 Å². The van der Waals surface area contributed by atoms with Crippen LogP contribution in [-0.2, 0) is 6.54 Å². The van der Waals surface area contributed by atoms with Crippen molar-refractivity contribution in [1.29, 1.82) is 0 Å². The Hall–Kier alpha value is -1.96. The Morgan fingerprint density at radius 2 is 2.31 bits per heavy atom. The second-order valence-corrected chi connectivity index (χ2v) is 8.56. The highest BCUT2D eigenvalue weighted by Crippen LogP contribution is 2.42. The summed E-state index contributed by atoms with van der Waals surface area (Å²) >= 11 is 2.17. The Bertz CT molecular complexity index is 729. The Labute approximate surface area is 158 Å². The highest BCUT2D eigenvalue weighted by atomic mass is 32.2. The van der Waals surface area contributed by atoms with E-state index in [-0.39, 0.29) is 0 Å². The molecular formula is C18H26N6OS. The molecule has 0 amide bonds.